The van der Waals surface area contributed by atoms with Crippen molar-refractivity contribution >= 4 is 0 Å². The van der Waals surface area contributed by atoms with E-state index in [-0.39, 0.29) is 0 Å². The van der Waals surface area contributed by atoms with Crippen LogP contribution in [0.1, 0.15) is 13.8 Å². The summed E-state index contributed by atoms with van der Waals surface area (Å²) in [6, 6.07) is 0. The van der Waals surface area contributed by atoms with Gasteiger partial charge in [-0.05, 0) is 6.08 Å². The predicted octanol–water partition coefficient (Wildman–Crippen LogP) is 2.23. The third-order valence-electron chi connectivity index (χ3n) is 0.446. The number of nitrogens with two attached hydrogens (primary N) is 1. The lowest BCUT2D eigenvalue weighted by atomic mass is 10.4. The van der Waals surface area contributed by atoms with Gasteiger partial charge in [0.05, 0.1) is 0 Å². The fourth-order valence-corrected chi connectivity index (χ4v) is 0.192. The summed E-state index contributed by atoms with van der Waals surface area (Å²) in [4.78, 5) is 0. The molecule has 0 aliphatic carbocycles. The number of hydrogen-bond acceptors (Lipinski definition) is 1. The third-order valence-corrected chi connectivity index (χ3v) is 0.446. The van der Waals surface area contributed by atoms with Gasteiger partial charge in [-0.1, -0.05) is 39.2 Å². The zero-order valence-corrected chi connectivity index (χ0v) is 6.22. The summed E-state index contributed by atoms with van der Waals surface area (Å²) in [6.07, 6.45) is 5.08. The van der Waals surface area contributed by atoms with E-state index in [0.29, 0.717) is 5.70 Å². The molecule has 0 rings (SSSR count). The topological polar surface area (TPSA) is 26.0 Å². The molecule has 0 aromatic heterocycles. The quantitative estimate of drug-likeness (QED) is 0.563. The molecular formula is C8H15N. The molecule has 2 N–H and O–H groups in total. The summed E-state index contributed by atoms with van der Waals surface area (Å²) >= 11 is 0. The molecule has 0 spiro atoms. The number of allylic oxidation sites excluding steroid dienone is 3. The van der Waals surface area contributed by atoms with Crippen LogP contribution in [-0.2, 0) is 0 Å². The summed E-state index contributed by atoms with van der Waals surface area (Å²) in [5.74, 6) is 0. The molecule has 0 radical (unpaired) electrons. The SMILES string of the molecule is C=C/C=C\C(=C)N.CC. The summed E-state index contributed by atoms with van der Waals surface area (Å²) < 4.78 is 0. The van der Waals surface area contributed by atoms with Gasteiger partial charge in [0.2, 0.25) is 0 Å². The largest absolute Gasteiger partial charge is 0.399 e. The van der Waals surface area contributed by atoms with Crippen molar-refractivity contribution in [1.29, 1.82) is 0 Å². The van der Waals surface area contributed by atoms with Gasteiger partial charge < -0.3 is 5.73 Å². The van der Waals surface area contributed by atoms with Crippen LogP contribution in [0.3, 0.4) is 0 Å². The minimum Gasteiger partial charge on any atom is -0.399 e. The van der Waals surface area contributed by atoms with Gasteiger partial charge in [-0.15, -0.1) is 0 Å². The number of hydrogen-bond donors (Lipinski definition) is 1. The molecule has 0 aliphatic heterocycles. The average Bonchev–Trinajstić information content (AvgIpc) is 1.88. The first-order valence-corrected chi connectivity index (χ1v) is 3.01. The van der Waals surface area contributed by atoms with Gasteiger partial charge in [-0.3, -0.25) is 0 Å². The second kappa shape index (κ2) is 10.1. The van der Waals surface area contributed by atoms with Gasteiger partial charge in [0.15, 0.2) is 0 Å². The highest BCUT2D eigenvalue weighted by molar-refractivity contribution is 5.14. The Bertz CT molecular complexity index is 101. The van der Waals surface area contributed by atoms with Crippen molar-refractivity contribution in [3.8, 4) is 0 Å². The van der Waals surface area contributed by atoms with Gasteiger partial charge in [0.25, 0.3) is 0 Å². The summed E-state index contributed by atoms with van der Waals surface area (Å²) in [7, 11) is 0. The molecule has 1 heteroatoms. The third kappa shape index (κ3) is 19.4. The molecule has 0 aromatic rings. The van der Waals surface area contributed by atoms with Crippen LogP contribution in [0.25, 0.3) is 0 Å². The van der Waals surface area contributed by atoms with Crippen molar-refractivity contribution in [1.82, 2.24) is 0 Å². The van der Waals surface area contributed by atoms with Crippen molar-refractivity contribution in [3.05, 3.63) is 37.1 Å². The highest BCUT2D eigenvalue weighted by Crippen LogP contribution is 1.78. The van der Waals surface area contributed by atoms with Crippen LogP contribution in [0.4, 0.5) is 0 Å². The Balaban J connectivity index is 0. The van der Waals surface area contributed by atoms with Gasteiger partial charge in [0, 0.05) is 5.70 Å². The zero-order valence-electron chi connectivity index (χ0n) is 6.22. The molecule has 52 valence electrons. The predicted molar refractivity (Wildman–Crippen MR) is 44.0 cm³/mol. The van der Waals surface area contributed by atoms with Crippen LogP contribution < -0.4 is 5.73 Å². The monoisotopic (exact) mass is 125 g/mol. The van der Waals surface area contributed by atoms with Crippen molar-refractivity contribution in [2.24, 2.45) is 5.73 Å². The minimum atomic E-state index is 0.555. The molecule has 0 saturated carbocycles. The van der Waals surface area contributed by atoms with Crippen LogP contribution in [0, 0.1) is 0 Å². The summed E-state index contributed by atoms with van der Waals surface area (Å²) in [6.45, 7) is 10.9. The summed E-state index contributed by atoms with van der Waals surface area (Å²) in [5, 5.41) is 0. The molecule has 1 nitrogen and oxygen atoms in total. The molecule has 0 atom stereocenters. The second-order valence-corrected chi connectivity index (χ2v) is 1.17. The Labute approximate surface area is 57.6 Å². The van der Waals surface area contributed by atoms with Crippen molar-refractivity contribution in [2.75, 3.05) is 0 Å². The van der Waals surface area contributed by atoms with E-state index in [0.717, 1.165) is 0 Å². The molecule has 0 bridgehead atoms. The Hall–Kier alpha value is -0.980. The average molecular weight is 125 g/mol. The maximum absolute atomic E-state index is 5.15. The maximum Gasteiger partial charge on any atom is 0.0240 e. The Morgan fingerprint density at radius 1 is 1.44 bits per heavy atom. The fourth-order valence-electron chi connectivity index (χ4n) is 0.192. The Kier molecular flexibility index (Phi) is 12.2. The van der Waals surface area contributed by atoms with E-state index in [1.54, 1.807) is 18.2 Å². The first-order chi connectivity index (χ1) is 4.27. The van der Waals surface area contributed by atoms with E-state index in [9.17, 15) is 0 Å². The van der Waals surface area contributed by atoms with E-state index in [2.05, 4.69) is 13.2 Å². The standard InChI is InChI=1S/C6H9N.C2H6/c1-3-4-5-6(2)7;1-2/h3-5H,1-2,7H2;1-2H3/b5-4-;. The van der Waals surface area contributed by atoms with E-state index < -0.39 is 0 Å². The van der Waals surface area contributed by atoms with Crippen molar-refractivity contribution in [2.45, 2.75) is 13.8 Å². The normalized spacial score (nSPS) is 7.78. The molecule has 0 fully saturated rings. The minimum absolute atomic E-state index is 0.555. The van der Waals surface area contributed by atoms with Crippen LogP contribution in [0.5, 0.6) is 0 Å². The first kappa shape index (κ1) is 10.9. The van der Waals surface area contributed by atoms with Crippen molar-refractivity contribution in [3.63, 3.8) is 0 Å². The zero-order chi connectivity index (χ0) is 7.70. The van der Waals surface area contributed by atoms with Gasteiger partial charge in [-0.25, -0.2) is 0 Å². The molecule has 0 amide bonds. The Morgan fingerprint density at radius 3 is 2.00 bits per heavy atom. The van der Waals surface area contributed by atoms with E-state index in [4.69, 9.17) is 5.73 Å². The second-order valence-electron chi connectivity index (χ2n) is 1.17. The van der Waals surface area contributed by atoms with Crippen LogP contribution in [-0.4, -0.2) is 0 Å². The van der Waals surface area contributed by atoms with Crippen LogP contribution in [0.2, 0.25) is 0 Å². The first-order valence-electron chi connectivity index (χ1n) is 3.01. The van der Waals surface area contributed by atoms with Gasteiger partial charge in [-0.2, -0.15) is 0 Å². The van der Waals surface area contributed by atoms with Gasteiger partial charge >= 0.3 is 0 Å². The maximum atomic E-state index is 5.15. The lowest BCUT2D eigenvalue weighted by Gasteiger charge is -1.78. The van der Waals surface area contributed by atoms with Crippen molar-refractivity contribution < 1.29 is 0 Å². The van der Waals surface area contributed by atoms with Crippen LogP contribution >= 0.6 is 0 Å². The number of rotatable bonds is 2. The highest BCUT2D eigenvalue weighted by Gasteiger charge is 1.65. The summed E-state index contributed by atoms with van der Waals surface area (Å²) in [5.41, 5.74) is 5.70. The van der Waals surface area contributed by atoms with E-state index in [1.165, 1.54) is 0 Å². The highest BCUT2D eigenvalue weighted by atomic mass is 14.5. The molecule has 0 saturated heterocycles. The smallest absolute Gasteiger partial charge is 0.0240 e. The lowest BCUT2D eigenvalue weighted by molar-refractivity contribution is 1.45. The van der Waals surface area contributed by atoms with E-state index >= 15 is 0 Å². The van der Waals surface area contributed by atoms with E-state index in [1.807, 2.05) is 13.8 Å². The molecular weight excluding hydrogens is 110 g/mol. The molecule has 9 heavy (non-hydrogen) atoms. The fraction of sp³-hybridized carbons (Fsp3) is 0.250. The Morgan fingerprint density at radius 2 is 1.89 bits per heavy atom. The molecule has 0 aromatic carbocycles. The van der Waals surface area contributed by atoms with Crippen LogP contribution in [0.15, 0.2) is 37.1 Å². The lowest BCUT2D eigenvalue weighted by Crippen LogP contribution is -1.87. The molecule has 0 aliphatic rings. The van der Waals surface area contributed by atoms with Gasteiger partial charge in [0.1, 0.15) is 0 Å². The molecule has 0 heterocycles. The molecule has 0 unspecified atom stereocenters.